The van der Waals surface area contributed by atoms with Crippen molar-refractivity contribution in [1.82, 2.24) is 4.98 Å². The van der Waals surface area contributed by atoms with Crippen molar-refractivity contribution in [3.05, 3.63) is 35.6 Å². The van der Waals surface area contributed by atoms with Crippen LogP contribution in [-0.2, 0) is 0 Å². The van der Waals surface area contributed by atoms with E-state index in [9.17, 15) is 5.11 Å². The molecule has 0 atom stereocenters. The number of rotatable bonds is 0. The fourth-order valence-corrected chi connectivity index (χ4v) is 1.27. The van der Waals surface area contributed by atoms with Crippen LogP contribution in [0.4, 0.5) is 0 Å². The number of hydrogen-bond donors (Lipinski definition) is 1. The first-order chi connectivity index (χ1) is 5.79. The number of pyridine rings is 1. The second-order valence-corrected chi connectivity index (χ2v) is 2.84. The molecule has 0 radical (unpaired) electrons. The minimum Gasteiger partial charge on any atom is -0.504 e. The predicted octanol–water partition coefficient (Wildman–Crippen LogP) is 2.59. The number of fused-ring (bicyclic) bond motifs is 1. The smallest absolute Gasteiger partial charge is 0.171 e. The zero-order valence-electron chi connectivity index (χ0n) is 6.16. The first-order valence-electron chi connectivity index (χ1n) is 3.51. The molecule has 2 rings (SSSR count). The van der Waals surface area contributed by atoms with Gasteiger partial charge in [0, 0.05) is 17.0 Å². The van der Waals surface area contributed by atoms with Crippen LogP contribution in [0, 0.1) is 0 Å². The van der Waals surface area contributed by atoms with Crippen LogP contribution in [0.2, 0.25) is 5.15 Å². The molecule has 0 aliphatic carbocycles. The van der Waals surface area contributed by atoms with E-state index in [1.54, 1.807) is 12.3 Å². The Balaban J connectivity index is 2.91. The van der Waals surface area contributed by atoms with E-state index in [1.807, 2.05) is 18.2 Å². The number of nitrogens with zero attached hydrogens (tertiary/aromatic N) is 1. The number of hydrogen-bond acceptors (Lipinski definition) is 2. The topological polar surface area (TPSA) is 33.1 Å². The van der Waals surface area contributed by atoms with E-state index in [4.69, 9.17) is 11.6 Å². The summed E-state index contributed by atoms with van der Waals surface area (Å²) < 4.78 is 0. The molecule has 60 valence electrons. The summed E-state index contributed by atoms with van der Waals surface area (Å²) in [5, 5.41) is 11.2. The molecule has 0 bridgehead atoms. The van der Waals surface area contributed by atoms with Crippen LogP contribution >= 0.6 is 11.6 Å². The average molecular weight is 180 g/mol. The molecule has 0 aliphatic rings. The third-order valence-electron chi connectivity index (χ3n) is 1.73. The van der Waals surface area contributed by atoms with Gasteiger partial charge >= 0.3 is 0 Å². The first kappa shape index (κ1) is 7.37. The van der Waals surface area contributed by atoms with Gasteiger partial charge in [-0.3, -0.25) is 0 Å². The number of aromatic nitrogens is 1. The van der Waals surface area contributed by atoms with E-state index in [-0.39, 0.29) is 10.9 Å². The Hall–Kier alpha value is -1.28. The minimum absolute atomic E-state index is 0.0507. The normalized spacial score (nSPS) is 10.4. The molecule has 0 saturated heterocycles. The van der Waals surface area contributed by atoms with Gasteiger partial charge in [-0.1, -0.05) is 35.9 Å². The molecule has 1 aromatic heterocycles. The van der Waals surface area contributed by atoms with Crippen molar-refractivity contribution in [2.45, 2.75) is 0 Å². The van der Waals surface area contributed by atoms with E-state index in [0.717, 1.165) is 10.8 Å². The van der Waals surface area contributed by atoms with E-state index < -0.39 is 0 Å². The van der Waals surface area contributed by atoms with E-state index >= 15 is 0 Å². The lowest BCUT2D eigenvalue weighted by Crippen LogP contribution is -1.78. The van der Waals surface area contributed by atoms with Crippen LogP contribution in [0.25, 0.3) is 10.8 Å². The fraction of sp³-hybridized carbons (Fsp3) is 0. The summed E-state index contributed by atoms with van der Waals surface area (Å²) in [6, 6.07) is 7.41. The Morgan fingerprint density at radius 2 is 2.00 bits per heavy atom. The third kappa shape index (κ3) is 1.01. The van der Waals surface area contributed by atoms with Crippen LogP contribution in [-0.4, -0.2) is 10.1 Å². The monoisotopic (exact) mass is 179 g/mol. The van der Waals surface area contributed by atoms with E-state index in [1.165, 1.54) is 0 Å². The van der Waals surface area contributed by atoms with Gasteiger partial charge in [-0.15, -0.1) is 0 Å². The van der Waals surface area contributed by atoms with Crippen molar-refractivity contribution < 1.29 is 5.11 Å². The maximum atomic E-state index is 9.46. The van der Waals surface area contributed by atoms with Crippen LogP contribution in [0.1, 0.15) is 0 Å². The number of benzene rings is 1. The molecule has 1 N–H and O–H groups in total. The Morgan fingerprint density at radius 3 is 2.83 bits per heavy atom. The average Bonchev–Trinajstić information content (AvgIpc) is 2.12. The van der Waals surface area contributed by atoms with Gasteiger partial charge in [0.15, 0.2) is 10.9 Å². The zero-order valence-corrected chi connectivity index (χ0v) is 6.92. The molecular formula is C9H6ClNO. The quantitative estimate of drug-likeness (QED) is 0.631. The standard InChI is InChI=1S/C9H6ClNO/c10-9-8(12)7-4-2-1-3-6(7)5-11-9/h1-5,12H. The fourth-order valence-electron chi connectivity index (χ4n) is 1.12. The highest BCUT2D eigenvalue weighted by atomic mass is 35.5. The summed E-state index contributed by atoms with van der Waals surface area (Å²) in [6.07, 6.45) is 1.64. The lowest BCUT2D eigenvalue weighted by molar-refractivity contribution is 0.479. The maximum absolute atomic E-state index is 9.46. The van der Waals surface area contributed by atoms with Crippen LogP contribution < -0.4 is 0 Å². The Labute approximate surface area is 74.4 Å². The lowest BCUT2D eigenvalue weighted by Gasteiger charge is -2.00. The molecular weight excluding hydrogens is 174 g/mol. The van der Waals surface area contributed by atoms with Crippen molar-refractivity contribution in [1.29, 1.82) is 0 Å². The predicted molar refractivity (Wildman–Crippen MR) is 48.4 cm³/mol. The summed E-state index contributed by atoms with van der Waals surface area (Å²) in [7, 11) is 0. The summed E-state index contributed by atoms with van der Waals surface area (Å²) in [5.74, 6) is 0.0507. The van der Waals surface area contributed by atoms with Crippen LogP contribution in [0.5, 0.6) is 5.75 Å². The molecule has 0 saturated carbocycles. The van der Waals surface area contributed by atoms with Gasteiger partial charge in [-0.25, -0.2) is 4.98 Å². The summed E-state index contributed by atoms with van der Waals surface area (Å²) >= 11 is 5.63. The molecule has 0 unspecified atom stereocenters. The van der Waals surface area contributed by atoms with Gasteiger partial charge in [0.05, 0.1) is 0 Å². The molecule has 0 spiro atoms. The SMILES string of the molecule is Oc1c(Cl)ncc2ccccc12. The van der Waals surface area contributed by atoms with E-state index in [0.29, 0.717) is 0 Å². The minimum atomic E-state index is 0.0507. The van der Waals surface area contributed by atoms with Gasteiger partial charge < -0.3 is 5.11 Å². The molecule has 3 heteroatoms. The molecule has 0 amide bonds. The second kappa shape index (κ2) is 2.64. The first-order valence-corrected chi connectivity index (χ1v) is 3.89. The highest BCUT2D eigenvalue weighted by Crippen LogP contribution is 2.29. The Kier molecular flexibility index (Phi) is 1.62. The molecule has 2 nitrogen and oxygen atoms in total. The van der Waals surface area contributed by atoms with Crippen LogP contribution in [0.15, 0.2) is 30.5 Å². The van der Waals surface area contributed by atoms with Crippen molar-refractivity contribution in [3.8, 4) is 5.75 Å². The molecule has 2 aromatic rings. The van der Waals surface area contributed by atoms with Gasteiger partial charge in [-0.2, -0.15) is 0 Å². The Bertz CT molecular complexity index is 428. The summed E-state index contributed by atoms with van der Waals surface area (Å²) in [4.78, 5) is 3.82. The molecule has 0 aliphatic heterocycles. The Morgan fingerprint density at radius 1 is 1.25 bits per heavy atom. The second-order valence-electron chi connectivity index (χ2n) is 2.48. The molecule has 1 heterocycles. The van der Waals surface area contributed by atoms with Crippen molar-refractivity contribution in [3.63, 3.8) is 0 Å². The molecule has 0 fully saturated rings. The van der Waals surface area contributed by atoms with Gasteiger partial charge in [0.1, 0.15) is 0 Å². The number of aromatic hydroxyl groups is 1. The highest BCUT2D eigenvalue weighted by molar-refractivity contribution is 6.31. The third-order valence-corrected chi connectivity index (χ3v) is 2.00. The lowest BCUT2D eigenvalue weighted by atomic mass is 10.2. The highest BCUT2D eigenvalue weighted by Gasteiger charge is 2.03. The summed E-state index contributed by atoms with van der Waals surface area (Å²) in [5.41, 5.74) is 0. The number of halogens is 1. The molecule has 1 aromatic carbocycles. The molecule has 12 heavy (non-hydrogen) atoms. The maximum Gasteiger partial charge on any atom is 0.171 e. The van der Waals surface area contributed by atoms with Crippen molar-refractivity contribution in [2.24, 2.45) is 0 Å². The van der Waals surface area contributed by atoms with Crippen molar-refractivity contribution >= 4 is 22.4 Å². The largest absolute Gasteiger partial charge is 0.504 e. The van der Waals surface area contributed by atoms with Gasteiger partial charge in [0.25, 0.3) is 0 Å². The van der Waals surface area contributed by atoms with E-state index in [2.05, 4.69) is 4.98 Å². The van der Waals surface area contributed by atoms with Gasteiger partial charge in [-0.05, 0) is 0 Å². The van der Waals surface area contributed by atoms with Crippen molar-refractivity contribution in [2.75, 3.05) is 0 Å². The van der Waals surface area contributed by atoms with Gasteiger partial charge in [0.2, 0.25) is 0 Å². The summed E-state index contributed by atoms with van der Waals surface area (Å²) in [6.45, 7) is 0. The van der Waals surface area contributed by atoms with Crippen LogP contribution in [0.3, 0.4) is 0 Å². The zero-order chi connectivity index (χ0) is 8.55.